The molecule has 5 heteroatoms. The molecule has 0 aromatic carbocycles. The third-order valence-electron chi connectivity index (χ3n) is 3.25. The molecule has 2 aliphatic heterocycles. The lowest BCUT2D eigenvalue weighted by atomic mass is 9.96. The summed E-state index contributed by atoms with van der Waals surface area (Å²) >= 11 is 0. The largest absolute Gasteiger partial charge is 0.381 e. The molecular weight excluding hydrogens is 208 g/mol. The van der Waals surface area contributed by atoms with E-state index in [1.54, 1.807) is 0 Å². The molecule has 2 heterocycles. The van der Waals surface area contributed by atoms with Crippen LogP contribution in [0.1, 0.15) is 12.8 Å². The Morgan fingerprint density at radius 1 is 1.19 bits per heavy atom. The highest BCUT2D eigenvalue weighted by Crippen LogP contribution is 2.19. The number of amides is 2. The van der Waals surface area contributed by atoms with Crippen molar-refractivity contribution in [1.29, 1.82) is 0 Å². The van der Waals surface area contributed by atoms with Crippen LogP contribution < -0.4 is 0 Å². The summed E-state index contributed by atoms with van der Waals surface area (Å²) in [6.07, 6.45) is 4.51. The van der Waals surface area contributed by atoms with Crippen LogP contribution in [0, 0.1) is 5.92 Å². The molecule has 0 bridgehead atoms. The zero-order valence-electron chi connectivity index (χ0n) is 9.13. The normalized spacial score (nSPS) is 23.4. The number of piperidine rings is 1. The standard InChI is InChI=1S/C11H16N2O3/c14-8-12-5-3-9(4-6-12)7-13-10(15)1-2-11(13)16/h1-2,9,14H,3-8H2. The molecule has 0 unspecified atom stereocenters. The molecule has 0 aromatic rings. The van der Waals surface area contributed by atoms with Gasteiger partial charge in [0.05, 0.1) is 6.73 Å². The van der Waals surface area contributed by atoms with Crippen LogP contribution in [0.3, 0.4) is 0 Å². The molecule has 5 nitrogen and oxygen atoms in total. The summed E-state index contributed by atoms with van der Waals surface area (Å²) in [5, 5.41) is 8.94. The average molecular weight is 224 g/mol. The topological polar surface area (TPSA) is 60.9 Å². The molecule has 1 fully saturated rings. The first-order chi connectivity index (χ1) is 7.70. The van der Waals surface area contributed by atoms with E-state index in [4.69, 9.17) is 5.11 Å². The number of aliphatic hydroxyl groups is 1. The molecule has 16 heavy (non-hydrogen) atoms. The van der Waals surface area contributed by atoms with Gasteiger partial charge < -0.3 is 5.11 Å². The van der Waals surface area contributed by atoms with Crippen LogP contribution in [0.25, 0.3) is 0 Å². The molecule has 1 saturated heterocycles. The quantitative estimate of drug-likeness (QED) is 0.661. The minimum absolute atomic E-state index is 0.0931. The lowest BCUT2D eigenvalue weighted by Crippen LogP contribution is -2.41. The van der Waals surface area contributed by atoms with Crippen molar-refractivity contribution in [3.8, 4) is 0 Å². The Morgan fingerprint density at radius 3 is 2.25 bits per heavy atom. The van der Waals surface area contributed by atoms with E-state index in [-0.39, 0.29) is 18.5 Å². The fourth-order valence-corrected chi connectivity index (χ4v) is 2.18. The summed E-state index contributed by atoms with van der Waals surface area (Å²) in [5.41, 5.74) is 0. The summed E-state index contributed by atoms with van der Waals surface area (Å²) in [7, 11) is 0. The van der Waals surface area contributed by atoms with Crippen LogP contribution in [0.4, 0.5) is 0 Å². The zero-order valence-corrected chi connectivity index (χ0v) is 9.13. The van der Waals surface area contributed by atoms with Crippen molar-refractivity contribution in [2.45, 2.75) is 12.8 Å². The Labute approximate surface area is 94.3 Å². The smallest absolute Gasteiger partial charge is 0.253 e. The van der Waals surface area contributed by atoms with Gasteiger partial charge in [0, 0.05) is 31.8 Å². The lowest BCUT2D eigenvalue weighted by molar-refractivity contribution is -0.137. The number of aliphatic hydroxyl groups excluding tert-OH is 1. The maximum absolute atomic E-state index is 11.3. The number of likely N-dealkylation sites (tertiary alicyclic amines) is 1. The van der Waals surface area contributed by atoms with Crippen molar-refractivity contribution in [1.82, 2.24) is 9.80 Å². The molecule has 0 spiro atoms. The van der Waals surface area contributed by atoms with Crippen molar-refractivity contribution in [2.24, 2.45) is 5.92 Å². The van der Waals surface area contributed by atoms with Gasteiger partial charge in [0.2, 0.25) is 0 Å². The third kappa shape index (κ3) is 2.31. The van der Waals surface area contributed by atoms with Crippen molar-refractivity contribution in [2.75, 3.05) is 26.4 Å². The molecule has 0 saturated carbocycles. The van der Waals surface area contributed by atoms with Gasteiger partial charge in [-0.1, -0.05) is 0 Å². The van der Waals surface area contributed by atoms with E-state index < -0.39 is 0 Å². The van der Waals surface area contributed by atoms with Crippen molar-refractivity contribution >= 4 is 11.8 Å². The summed E-state index contributed by atoms with van der Waals surface area (Å²) < 4.78 is 0. The van der Waals surface area contributed by atoms with Gasteiger partial charge in [-0.2, -0.15) is 0 Å². The number of carbonyl (C=O) groups excluding carboxylic acids is 2. The Morgan fingerprint density at radius 2 is 1.75 bits per heavy atom. The Bertz CT molecular complexity index is 301. The van der Waals surface area contributed by atoms with E-state index >= 15 is 0 Å². The maximum Gasteiger partial charge on any atom is 0.253 e. The molecule has 0 aromatic heterocycles. The third-order valence-corrected chi connectivity index (χ3v) is 3.25. The first-order valence-corrected chi connectivity index (χ1v) is 5.57. The highest BCUT2D eigenvalue weighted by atomic mass is 16.3. The molecule has 0 aliphatic carbocycles. The molecule has 0 atom stereocenters. The Hall–Kier alpha value is -1.20. The molecule has 2 rings (SSSR count). The number of hydrogen-bond acceptors (Lipinski definition) is 4. The van der Waals surface area contributed by atoms with Crippen molar-refractivity contribution in [3.63, 3.8) is 0 Å². The number of hydrogen-bond donors (Lipinski definition) is 1. The number of imide groups is 1. The number of rotatable bonds is 3. The van der Waals surface area contributed by atoms with E-state index in [1.807, 2.05) is 4.90 Å². The average Bonchev–Trinajstić information content (AvgIpc) is 2.62. The van der Waals surface area contributed by atoms with Crippen LogP contribution >= 0.6 is 0 Å². The van der Waals surface area contributed by atoms with Gasteiger partial charge in [-0.05, 0) is 18.8 Å². The maximum atomic E-state index is 11.3. The van der Waals surface area contributed by atoms with Crippen molar-refractivity contribution in [3.05, 3.63) is 12.2 Å². The second-order valence-corrected chi connectivity index (χ2v) is 4.32. The van der Waals surface area contributed by atoms with Gasteiger partial charge in [0.15, 0.2) is 0 Å². The predicted molar refractivity (Wildman–Crippen MR) is 57.2 cm³/mol. The molecule has 2 amide bonds. The first-order valence-electron chi connectivity index (χ1n) is 5.57. The SMILES string of the molecule is O=C1C=CC(=O)N1CC1CCN(CO)CC1. The minimum Gasteiger partial charge on any atom is -0.381 e. The first kappa shape index (κ1) is 11.3. The molecule has 0 radical (unpaired) electrons. The van der Waals surface area contributed by atoms with E-state index in [1.165, 1.54) is 17.1 Å². The monoisotopic (exact) mass is 224 g/mol. The van der Waals surface area contributed by atoms with Gasteiger partial charge >= 0.3 is 0 Å². The van der Waals surface area contributed by atoms with E-state index in [9.17, 15) is 9.59 Å². The van der Waals surface area contributed by atoms with Crippen LogP contribution in [0.5, 0.6) is 0 Å². The van der Waals surface area contributed by atoms with Crippen LogP contribution in [0.15, 0.2) is 12.2 Å². The summed E-state index contributed by atoms with van der Waals surface area (Å²) in [4.78, 5) is 26.0. The fourth-order valence-electron chi connectivity index (χ4n) is 2.18. The highest BCUT2D eigenvalue weighted by Gasteiger charge is 2.28. The number of nitrogens with zero attached hydrogens (tertiary/aromatic N) is 2. The lowest BCUT2D eigenvalue weighted by Gasteiger charge is -2.32. The number of carbonyl (C=O) groups is 2. The molecule has 88 valence electrons. The van der Waals surface area contributed by atoms with Crippen molar-refractivity contribution < 1.29 is 14.7 Å². The fraction of sp³-hybridized carbons (Fsp3) is 0.636. The van der Waals surface area contributed by atoms with Gasteiger partial charge in [-0.3, -0.25) is 19.4 Å². The highest BCUT2D eigenvalue weighted by molar-refractivity contribution is 6.12. The minimum atomic E-state index is -0.199. The van der Waals surface area contributed by atoms with Crippen LogP contribution in [-0.2, 0) is 9.59 Å². The second-order valence-electron chi connectivity index (χ2n) is 4.32. The predicted octanol–water partition coefficient (Wildman–Crippen LogP) is -0.427. The van der Waals surface area contributed by atoms with Gasteiger partial charge in [-0.15, -0.1) is 0 Å². The van der Waals surface area contributed by atoms with Gasteiger partial charge in [-0.25, -0.2) is 0 Å². The zero-order chi connectivity index (χ0) is 11.5. The Balaban J connectivity index is 1.83. The molecule has 1 N–H and O–H groups in total. The summed E-state index contributed by atoms with van der Waals surface area (Å²) in [6, 6.07) is 0. The summed E-state index contributed by atoms with van der Waals surface area (Å²) in [6.45, 7) is 2.29. The van der Waals surface area contributed by atoms with E-state index in [0.717, 1.165) is 25.9 Å². The van der Waals surface area contributed by atoms with E-state index in [0.29, 0.717) is 12.5 Å². The van der Waals surface area contributed by atoms with Crippen LogP contribution in [-0.4, -0.2) is 53.1 Å². The van der Waals surface area contributed by atoms with Gasteiger partial charge in [0.1, 0.15) is 0 Å². The molecular formula is C11H16N2O3. The summed E-state index contributed by atoms with van der Waals surface area (Å²) in [5.74, 6) is -0.0280. The molecule has 2 aliphatic rings. The second kappa shape index (κ2) is 4.76. The van der Waals surface area contributed by atoms with Crippen LogP contribution in [0.2, 0.25) is 0 Å². The van der Waals surface area contributed by atoms with Gasteiger partial charge in [0.25, 0.3) is 11.8 Å². The van der Waals surface area contributed by atoms with E-state index in [2.05, 4.69) is 0 Å². The Kier molecular flexibility index (Phi) is 3.36.